The summed E-state index contributed by atoms with van der Waals surface area (Å²) in [6, 6.07) is -1.40. The summed E-state index contributed by atoms with van der Waals surface area (Å²) in [5.74, 6) is -14.1. The number of likely N-dealkylation sites (tertiary alicyclic amines) is 1. The van der Waals surface area contributed by atoms with Crippen molar-refractivity contribution in [3.8, 4) is 11.8 Å². The third-order valence-corrected chi connectivity index (χ3v) is 7.45. The number of ether oxygens (including phenoxy) is 1. The molecule has 1 saturated carbocycles. The lowest BCUT2D eigenvalue weighted by molar-refractivity contribution is -0.270. The lowest BCUT2D eigenvalue weighted by atomic mass is 9.97. The van der Waals surface area contributed by atoms with E-state index in [2.05, 4.69) is 5.32 Å². The van der Waals surface area contributed by atoms with Crippen LogP contribution in [0.4, 0.5) is 36.4 Å². The molecule has 1 saturated heterocycles. The minimum absolute atomic E-state index is 0.0222. The molecule has 1 aromatic carbocycles. The second-order valence-electron chi connectivity index (χ2n) is 10.5. The Bertz CT molecular complexity index is 1360. The van der Waals surface area contributed by atoms with Crippen LogP contribution in [0.5, 0.6) is 5.75 Å². The van der Waals surface area contributed by atoms with Gasteiger partial charge in [0, 0.05) is 25.6 Å². The Balaban J connectivity index is 1.56. The van der Waals surface area contributed by atoms with E-state index in [-0.39, 0.29) is 18.1 Å². The topological polar surface area (TPSA) is 132 Å². The zero-order valence-corrected chi connectivity index (χ0v) is 22.0. The average Bonchev–Trinajstić information content (AvgIpc) is 3.65. The number of anilines is 1. The second kappa shape index (κ2) is 10.6. The molecule has 4 rings (SSSR count). The van der Waals surface area contributed by atoms with Crippen molar-refractivity contribution in [2.75, 3.05) is 18.9 Å². The number of amides is 4. The number of carbonyl (C=O) groups excluding carboxylic acids is 4. The van der Waals surface area contributed by atoms with E-state index in [0.29, 0.717) is 18.9 Å². The highest BCUT2D eigenvalue weighted by atomic mass is 19.4. The predicted octanol–water partition coefficient (Wildman–Crippen LogP) is 2.49. The van der Waals surface area contributed by atoms with Crippen molar-refractivity contribution >= 4 is 29.3 Å². The number of hydrogen-bond acceptors (Lipinski definition) is 6. The number of fused-ring (bicyclic) bond motifs is 1. The fourth-order valence-electron chi connectivity index (χ4n) is 4.92. The number of alkyl halides is 5. The van der Waals surface area contributed by atoms with Gasteiger partial charge < -0.3 is 25.2 Å². The fourth-order valence-corrected chi connectivity index (χ4v) is 4.92. The third-order valence-electron chi connectivity index (χ3n) is 7.45. The quantitative estimate of drug-likeness (QED) is 0.458. The van der Waals surface area contributed by atoms with Gasteiger partial charge >= 0.3 is 18.0 Å². The standard InChI is InChI=1S/C25H24F7N5O5/c1-11(34-22(41)24(28,29)25(30,31)32)19(38)36(2)16(5-12-3-4-12)20(39)37-10-23(8-14(37)9-33)21(40)35-18-15(27)6-13(26)7-17(18)42-23/h6-7,11-12,14,16H,3-5,8,10H2,1-2H3,(H,34,41)(H,35,40)/t11-,14-,16-,23+/m0/s1. The van der Waals surface area contributed by atoms with Crippen molar-refractivity contribution in [2.24, 2.45) is 5.92 Å². The minimum atomic E-state index is -6.21. The minimum Gasteiger partial charge on any atom is -0.473 e. The van der Waals surface area contributed by atoms with Crippen molar-refractivity contribution in [2.45, 2.75) is 68.4 Å². The molecule has 2 fully saturated rings. The van der Waals surface area contributed by atoms with Gasteiger partial charge in [-0.3, -0.25) is 19.2 Å². The second-order valence-corrected chi connectivity index (χ2v) is 10.5. The first kappa shape index (κ1) is 30.8. The first-order chi connectivity index (χ1) is 19.4. The highest BCUT2D eigenvalue weighted by Crippen LogP contribution is 2.43. The number of likely N-dealkylation sites (N-methyl/N-ethyl adjacent to an activating group) is 1. The molecular weight excluding hydrogens is 583 g/mol. The zero-order valence-electron chi connectivity index (χ0n) is 22.0. The number of halogens is 7. The first-order valence-corrected chi connectivity index (χ1v) is 12.6. The maximum absolute atomic E-state index is 14.2. The molecule has 4 amide bonds. The molecule has 2 heterocycles. The Hall–Kier alpha value is -4.10. The van der Waals surface area contributed by atoms with Gasteiger partial charge in [-0.2, -0.15) is 27.2 Å². The molecule has 0 unspecified atom stereocenters. The molecule has 1 aromatic rings. The lowest BCUT2D eigenvalue weighted by Crippen LogP contribution is -2.59. The zero-order chi connectivity index (χ0) is 31.4. The van der Waals surface area contributed by atoms with E-state index in [1.807, 2.05) is 6.07 Å². The van der Waals surface area contributed by atoms with Crippen molar-refractivity contribution < 1.29 is 54.6 Å². The summed E-state index contributed by atoms with van der Waals surface area (Å²) in [5, 5.41) is 13.4. The number of carbonyl (C=O) groups is 4. The molecule has 1 aliphatic carbocycles. The van der Waals surface area contributed by atoms with Crippen LogP contribution < -0.4 is 15.4 Å². The Morgan fingerprint density at radius 3 is 2.45 bits per heavy atom. The van der Waals surface area contributed by atoms with E-state index >= 15 is 0 Å². The van der Waals surface area contributed by atoms with Gasteiger partial charge in [-0.1, -0.05) is 12.8 Å². The van der Waals surface area contributed by atoms with Gasteiger partial charge in [0.05, 0.1) is 12.6 Å². The maximum Gasteiger partial charge on any atom is 0.463 e. The summed E-state index contributed by atoms with van der Waals surface area (Å²) in [6.45, 7) is 0.293. The van der Waals surface area contributed by atoms with Crippen LogP contribution in [0, 0.1) is 28.9 Å². The smallest absolute Gasteiger partial charge is 0.463 e. The summed E-state index contributed by atoms with van der Waals surface area (Å²) < 4.78 is 98.2. The van der Waals surface area contributed by atoms with Crippen molar-refractivity contribution in [3.63, 3.8) is 0 Å². The van der Waals surface area contributed by atoms with Crippen LogP contribution in [-0.4, -0.2) is 82.8 Å². The van der Waals surface area contributed by atoms with E-state index in [9.17, 15) is 55.2 Å². The van der Waals surface area contributed by atoms with Gasteiger partial charge in [0.2, 0.25) is 17.4 Å². The molecule has 10 nitrogen and oxygen atoms in total. The summed E-state index contributed by atoms with van der Waals surface area (Å²) in [6.07, 6.45) is -5.26. The van der Waals surface area contributed by atoms with Crippen LogP contribution >= 0.6 is 0 Å². The van der Waals surface area contributed by atoms with Gasteiger partial charge in [-0.25, -0.2) is 8.78 Å². The molecule has 1 spiro atoms. The molecule has 42 heavy (non-hydrogen) atoms. The third kappa shape index (κ3) is 5.53. The Morgan fingerprint density at radius 1 is 1.24 bits per heavy atom. The fraction of sp³-hybridized carbons (Fsp3) is 0.560. The van der Waals surface area contributed by atoms with Crippen LogP contribution in [0.25, 0.3) is 0 Å². The van der Waals surface area contributed by atoms with Crippen LogP contribution in [0.3, 0.4) is 0 Å². The summed E-state index contributed by atoms with van der Waals surface area (Å²) in [7, 11) is 1.08. The summed E-state index contributed by atoms with van der Waals surface area (Å²) >= 11 is 0. The SMILES string of the molecule is C[C@H](NC(=O)C(F)(F)C(F)(F)F)C(=O)N(C)[C@@H](CC1CC1)C(=O)N1C[C@@]2(C[C@H]1C#N)Oc1cc(F)cc(F)c1NC2=O. The number of nitrogens with zero attached hydrogens (tertiary/aromatic N) is 3. The molecule has 0 radical (unpaired) electrons. The number of nitriles is 1. The van der Waals surface area contributed by atoms with E-state index in [4.69, 9.17) is 4.74 Å². The van der Waals surface area contributed by atoms with Crippen LogP contribution in [0.2, 0.25) is 0 Å². The van der Waals surface area contributed by atoms with Gasteiger partial charge in [0.25, 0.3) is 5.91 Å². The van der Waals surface area contributed by atoms with E-state index in [0.717, 1.165) is 29.8 Å². The summed E-state index contributed by atoms with van der Waals surface area (Å²) in [5.41, 5.74) is -2.37. The predicted molar refractivity (Wildman–Crippen MR) is 127 cm³/mol. The number of benzene rings is 1. The van der Waals surface area contributed by atoms with Crippen LogP contribution in [0.15, 0.2) is 12.1 Å². The molecular formula is C25H24F7N5O5. The molecule has 228 valence electrons. The highest BCUT2D eigenvalue weighted by Gasteiger charge is 2.64. The molecule has 3 aliphatic rings. The molecule has 0 bridgehead atoms. The molecule has 17 heteroatoms. The first-order valence-electron chi connectivity index (χ1n) is 12.6. The molecule has 2 N–H and O–H groups in total. The Labute approximate surface area is 233 Å². The van der Waals surface area contributed by atoms with Crippen LogP contribution in [-0.2, 0) is 19.2 Å². The molecule has 2 aliphatic heterocycles. The largest absolute Gasteiger partial charge is 0.473 e. The van der Waals surface area contributed by atoms with Crippen molar-refractivity contribution in [3.05, 3.63) is 23.8 Å². The number of nitrogens with one attached hydrogen (secondary N) is 2. The normalized spacial score (nSPS) is 23.3. The highest BCUT2D eigenvalue weighted by molar-refractivity contribution is 6.02. The number of hydrogen-bond donors (Lipinski definition) is 2. The van der Waals surface area contributed by atoms with Crippen molar-refractivity contribution in [1.29, 1.82) is 5.26 Å². The van der Waals surface area contributed by atoms with Crippen molar-refractivity contribution in [1.82, 2.24) is 15.1 Å². The number of rotatable bonds is 7. The average molecular weight is 607 g/mol. The van der Waals surface area contributed by atoms with Gasteiger partial charge in [-0.05, 0) is 19.3 Å². The van der Waals surface area contributed by atoms with Gasteiger partial charge in [-0.15, -0.1) is 0 Å². The van der Waals surface area contributed by atoms with E-state index in [1.165, 1.54) is 5.32 Å². The monoisotopic (exact) mass is 607 g/mol. The Morgan fingerprint density at radius 2 is 1.88 bits per heavy atom. The van der Waals surface area contributed by atoms with Gasteiger partial charge in [0.15, 0.2) is 11.6 Å². The van der Waals surface area contributed by atoms with E-state index in [1.54, 1.807) is 0 Å². The lowest BCUT2D eigenvalue weighted by Gasteiger charge is -2.36. The molecule has 0 aromatic heterocycles. The maximum atomic E-state index is 14.2. The Kier molecular flexibility index (Phi) is 7.80. The van der Waals surface area contributed by atoms with Gasteiger partial charge in [0.1, 0.15) is 29.6 Å². The summed E-state index contributed by atoms with van der Waals surface area (Å²) in [4.78, 5) is 53.1. The van der Waals surface area contributed by atoms with Crippen LogP contribution in [0.1, 0.15) is 32.6 Å². The molecule has 4 atom stereocenters. The van der Waals surface area contributed by atoms with E-state index < -0.39 is 89.7 Å².